The van der Waals surface area contributed by atoms with Crippen molar-refractivity contribution in [1.29, 1.82) is 0 Å². The van der Waals surface area contributed by atoms with E-state index in [1.54, 1.807) is 56.6 Å². The molecule has 3 rings (SSSR count). The first kappa shape index (κ1) is 19.9. The number of rotatable bonds is 8. The van der Waals surface area contributed by atoms with E-state index in [9.17, 15) is 8.42 Å². The molecule has 0 aliphatic rings. The molecule has 6 heteroatoms. The fourth-order valence-corrected chi connectivity index (χ4v) is 3.96. The van der Waals surface area contributed by atoms with E-state index in [0.29, 0.717) is 18.1 Å². The van der Waals surface area contributed by atoms with E-state index in [4.69, 9.17) is 9.47 Å². The van der Waals surface area contributed by atoms with Crippen LogP contribution >= 0.6 is 0 Å². The van der Waals surface area contributed by atoms with Crippen LogP contribution in [0, 0.1) is 0 Å². The Morgan fingerprint density at radius 1 is 0.821 bits per heavy atom. The zero-order valence-electron chi connectivity index (χ0n) is 15.9. The van der Waals surface area contributed by atoms with Gasteiger partial charge in [0.2, 0.25) is 10.0 Å². The predicted octanol–water partition coefficient (Wildman–Crippen LogP) is 4.09. The summed E-state index contributed by atoms with van der Waals surface area (Å²) in [6.07, 6.45) is 0. The smallest absolute Gasteiger partial charge is 0.243 e. The molecular weight excluding hydrogens is 374 g/mol. The van der Waals surface area contributed by atoms with Gasteiger partial charge in [-0.15, -0.1) is 0 Å². The average Bonchev–Trinajstić information content (AvgIpc) is 2.74. The Balaban J connectivity index is 1.73. The van der Waals surface area contributed by atoms with Crippen LogP contribution in [0.5, 0.6) is 11.5 Å². The van der Waals surface area contributed by atoms with Crippen molar-refractivity contribution in [2.45, 2.75) is 18.0 Å². The molecule has 0 unspecified atom stereocenters. The van der Waals surface area contributed by atoms with E-state index in [1.807, 2.05) is 36.4 Å². The Labute approximate surface area is 166 Å². The van der Waals surface area contributed by atoms with Crippen molar-refractivity contribution in [3.05, 3.63) is 90.0 Å². The molecule has 0 heterocycles. The van der Waals surface area contributed by atoms with Crippen LogP contribution in [0.25, 0.3) is 0 Å². The van der Waals surface area contributed by atoms with Crippen molar-refractivity contribution < 1.29 is 17.9 Å². The van der Waals surface area contributed by atoms with Crippen LogP contribution in [0.15, 0.2) is 83.8 Å². The maximum absolute atomic E-state index is 12.7. The van der Waals surface area contributed by atoms with Gasteiger partial charge in [-0.3, -0.25) is 0 Å². The Hall–Kier alpha value is -2.83. The molecule has 0 amide bonds. The quantitative estimate of drug-likeness (QED) is 0.574. The van der Waals surface area contributed by atoms with Gasteiger partial charge in [0.15, 0.2) is 11.5 Å². The molecular formula is C22H23NO4S. The molecule has 0 aliphatic carbocycles. The standard InChI is InChI=1S/C22H23NO4S/c1-23(28(24,25)20-11-7-4-8-12-20)16-19-13-14-21(22(15-19)26-2)27-17-18-9-5-3-6-10-18/h3-15H,16-17H2,1-2H3. The van der Waals surface area contributed by atoms with Crippen molar-refractivity contribution in [2.24, 2.45) is 0 Å². The van der Waals surface area contributed by atoms with Crippen molar-refractivity contribution in [3.8, 4) is 11.5 Å². The summed E-state index contributed by atoms with van der Waals surface area (Å²) in [5.41, 5.74) is 1.87. The fraction of sp³-hybridized carbons (Fsp3) is 0.182. The van der Waals surface area contributed by atoms with E-state index in [-0.39, 0.29) is 11.4 Å². The number of sulfonamides is 1. The molecule has 0 spiro atoms. The lowest BCUT2D eigenvalue weighted by Gasteiger charge is -2.18. The minimum Gasteiger partial charge on any atom is -0.493 e. The highest BCUT2D eigenvalue weighted by Gasteiger charge is 2.21. The Morgan fingerprint density at radius 3 is 2.11 bits per heavy atom. The highest BCUT2D eigenvalue weighted by atomic mass is 32.2. The SMILES string of the molecule is COc1cc(CN(C)S(=O)(=O)c2ccccc2)ccc1OCc1ccccc1. The van der Waals surface area contributed by atoms with E-state index in [2.05, 4.69) is 0 Å². The zero-order chi connectivity index (χ0) is 20.0. The van der Waals surface area contributed by atoms with Crippen LogP contribution < -0.4 is 9.47 Å². The zero-order valence-corrected chi connectivity index (χ0v) is 16.7. The first-order valence-corrected chi connectivity index (χ1v) is 10.3. The maximum Gasteiger partial charge on any atom is 0.243 e. The molecule has 0 saturated carbocycles. The van der Waals surface area contributed by atoms with Crippen molar-refractivity contribution in [2.75, 3.05) is 14.2 Å². The topological polar surface area (TPSA) is 55.8 Å². The number of nitrogens with zero attached hydrogens (tertiary/aromatic N) is 1. The number of hydrogen-bond acceptors (Lipinski definition) is 4. The summed E-state index contributed by atoms with van der Waals surface area (Å²) in [4.78, 5) is 0.271. The third-order valence-electron chi connectivity index (χ3n) is 4.32. The van der Waals surface area contributed by atoms with E-state index in [0.717, 1.165) is 11.1 Å². The minimum atomic E-state index is -3.55. The normalized spacial score (nSPS) is 11.4. The van der Waals surface area contributed by atoms with Gasteiger partial charge in [-0.25, -0.2) is 8.42 Å². The first-order chi connectivity index (χ1) is 13.5. The van der Waals surface area contributed by atoms with Gasteiger partial charge in [-0.1, -0.05) is 54.6 Å². The lowest BCUT2D eigenvalue weighted by Crippen LogP contribution is -2.26. The van der Waals surface area contributed by atoms with Crippen LogP contribution in [0.3, 0.4) is 0 Å². The molecule has 28 heavy (non-hydrogen) atoms. The fourth-order valence-electron chi connectivity index (χ4n) is 2.78. The largest absolute Gasteiger partial charge is 0.493 e. The molecule has 0 radical (unpaired) electrons. The van der Waals surface area contributed by atoms with Gasteiger partial charge >= 0.3 is 0 Å². The highest BCUT2D eigenvalue weighted by Crippen LogP contribution is 2.30. The van der Waals surface area contributed by atoms with Gasteiger partial charge in [0.05, 0.1) is 12.0 Å². The van der Waals surface area contributed by atoms with Crippen LogP contribution in [0.2, 0.25) is 0 Å². The molecule has 3 aromatic carbocycles. The average molecular weight is 397 g/mol. The Bertz CT molecular complexity index is 1010. The third kappa shape index (κ3) is 4.71. The van der Waals surface area contributed by atoms with Gasteiger partial charge in [0, 0.05) is 13.6 Å². The number of benzene rings is 3. The molecule has 0 aromatic heterocycles. The summed E-state index contributed by atoms with van der Waals surface area (Å²) in [7, 11) is -0.419. The molecule has 0 fully saturated rings. The van der Waals surface area contributed by atoms with Crippen molar-refractivity contribution >= 4 is 10.0 Å². The lowest BCUT2D eigenvalue weighted by molar-refractivity contribution is 0.284. The molecule has 0 N–H and O–H groups in total. The van der Waals surface area contributed by atoms with Gasteiger partial charge in [0.25, 0.3) is 0 Å². The number of methoxy groups -OCH3 is 1. The van der Waals surface area contributed by atoms with Crippen molar-refractivity contribution in [1.82, 2.24) is 4.31 Å². The lowest BCUT2D eigenvalue weighted by atomic mass is 10.2. The molecule has 0 saturated heterocycles. The summed E-state index contributed by atoms with van der Waals surface area (Å²) in [5.74, 6) is 1.18. The summed E-state index contributed by atoms with van der Waals surface area (Å²) in [6, 6.07) is 23.7. The van der Waals surface area contributed by atoms with Gasteiger partial charge in [-0.2, -0.15) is 4.31 Å². The summed E-state index contributed by atoms with van der Waals surface area (Å²) < 4.78 is 38.0. The van der Waals surface area contributed by atoms with E-state index >= 15 is 0 Å². The monoisotopic (exact) mass is 397 g/mol. The van der Waals surface area contributed by atoms with Gasteiger partial charge in [-0.05, 0) is 35.4 Å². The summed E-state index contributed by atoms with van der Waals surface area (Å²) in [6.45, 7) is 0.658. The number of ether oxygens (including phenoxy) is 2. The first-order valence-electron chi connectivity index (χ1n) is 8.86. The van der Waals surface area contributed by atoms with E-state index < -0.39 is 10.0 Å². The third-order valence-corrected chi connectivity index (χ3v) is 6.14. The second kappa shape index (κ2) is 8.91. The van der Waals surface area contributed by atoms with Crippen LogP contribution in [-0.4, -0.2) is 26.9 Å². The predicted molar refractivity (Wildman–Crippen MR) is 109 cm³/mol. The molecule has 0 aliphatic heterocycles. The van der Waals surface area contributed by atoms with Crippen LogP contribution in [-0.2, 0) is 23.2 Å². The second-order valence-electron chi connectivity index (χ2n) is 6.33. The number of hydrogen-bond donors (Lipinski definition) is 0. The molecule has 0 bridgehead atoms. The van der Waals surface area contributed by atoms with Crippen molar-refractivity contribution in [3.63, 3.8) is 0 Å². The van der Waals surface area contributed by atoms with Gasteiger partial charge in [0.1, 0.15) is 6.61 Å². The second-order valence-corrected chi connectivity index (χ2v) is 8.38. The molecule has 3 aromatic rings. The Morgan fingerprint density at radius 2 is 1.46 bits per heavy atom. The van der Waals surface area contributed by atoms with Gasteiger partial charge < -0.3 is 9.47 Å². The summed E-state index contributed by atoms with van der Waals surface area (Å²) in [5, 5.41) is 0. The highest BCUT2D eigenvalue weighted by molar-refractivity contribution is 7.89. The minimum absolute atomic E-state index is 0.229. The van der Waals surface area contributed by atoms with Crippen LogP contribution in [0.4, 0.5) is 0 Å². The van der Waals surface area contributed by atoms with E-state index in [1.165, 1.54) is 4.31 Å². The molecule has 5 nitrogen and oxygen atoms in total. The Kier molecular flexibility index (Phi) is 6.34. The van der Waals surface area contributed by atoms with Crippen LogP contribution in [0.1, 0.15) is 11.1 Å². The molecule has 0 atom stereocenters. The summed E-state index contributed by atoms with van der Waals surface area (Å²) >= 11 is 0. The maximum atomic E-state index is 12.7. The molecule has 146 valence electrons.